The van der Waals surface area contributed by atoms with E-state index >= 15 is 0 Å². The standard InChI is InChI=1S/C11H17NOS/c1-8(2)10-12-9(6-14-10)11(7-13)4-3-5-11/h6,8,13H,3-5,7H2,1-2H3. The van der Waals surface area contributed by atoms with Crippen molar-refractivity contribution in [1.29, 1.82) is 0 Å². The van der Waals surface area contributed by atoms with Crippen LogP contribution >= 0.6 is 11.3 Å². The normalized spacial score (nSPS) is 19.7. The van der Waals surface area contributed by atoms with Crippen LogP contribution in [0.25, 0.3) is 0 Å². The molecular formula is C11H17NOS. The van der Waals surface area contributed by atoms with Crippen molar-refractivity contribution >= 4 is 11.3 Å². The summed E-state index contributed by atoms with van der Waals surface area (Å²) in [4.78, 5) is 4.63. The minimum atomic E-state index is 0.0175. The van der Waals surface area contributed by atoms with Crippen molar-refractivity contribution in [3.63, 3.8) is 0 Å². The number of nitrogens with zero attached hydrogens (tertiary/aromatic N) is 1. The largest absolute Gasteiger partial charge is 0.395 e. The van der Waals surface area contributed by atoms with Crippen molar-refractivity contribution in [2.24, 2.45) is 0 Å². The first-order valence-electron chi connectivity index (χ1n) is 5.25. The third-order valence-electron chi connectivity index (χ3n) is 3.17. The minimum Gasteiger partial charge on any atom is -0.395 e. The van der Waals surface area contributed by atoms with Gasteiger partial charge in [0.2, 0.25) is 0 Å². The summed E-state index contributed by atoms with van der Waals surface area (Å²) < 4.78 is 0. The second kappa shape index (κ2) is 3.63. The van der Waals surface area contributed by atoms with Gasteiger partial charge in [0, 0.05) is 16.7 Å². The number of hydrogen-bond donors (Lipinski definition) is 1. The van der Waals surface area contributed by atoms with E-state index in [9.17, 15) is 5.11 Å². The van der Waals surface area contributed by atoms with Gasteiger partial charge in [-0.05, 0) is 12.8 Å². The van der Waals surface area contributed by atoms with Crippen LogP contribution in [0.3, 0.4) is 0 Å². The summed E-state index contributed by atoms with van der Waals surface area (Å²) in [6.07, 6.45) is 3.44. The van der Waals surface area contributed by atoms with E-state index in [1.54, 1.807) is 11.3 Å². The molecule has 3 heteroatoms. The third kappa shape index (κ3) is 1.48. The third-order valence-corrected chi connectivity index (χ3v) is 4.32. The molecule has 2 nitrogen and oxygen atoms in total. The molecule has 0 unspecified atom stereocenters. The van der Waals surface area contributed by atoms with Crippen molar-refractivity contribution in [3.8, 4) is 0 Å². The SMILES string of the molecule is CC(C)c1nc(C2(CO)CCC2)cs1. The molecule has 0 bridgehead atoms. The Morgan fingerprint density at radius 2 is 2.29 bits per heavy atom. The summed E-state index contributed by atoms with van der Waals surface area (Å²) >= 11 is 1.73. The fraction of sp³-hybridized carbons (Fsp3) is 0.727. The molecule has 1 N–H and O–H groups in total. The van der Waals surface area contributed by atoms with Crippen molar-refractivity contribution in [3.05, 3.63) is 16.1 Å². The number of aliphatic hydroxyl groups excluding tert-OH is 1. The molecule has 0 saturated heterocycles. The zero-order valence-corrected chi connectivity index (χ0v) is 9.60. The molecule has 1 aliphatic carbocycles. The van der Waals surface area contributed by atoms with E-state index in [0.717, 1.165) is 18.5 Å². The predicted molar refractivity (Wildman–Crippen MR) is 58.8 cm³/mol. The Balaban J connectivity index is 2.23. The minimum absolute atomic E-state index is 0.0175. The molecule has 1 fully saturated rings. The molecular weight excluding hydrogens is 194 g/mol. The highest BCUT2D eigenvalue weighted by atomic mass is 32.1. The molecule has 0 radical (unpaired) electrons. The van der Waals surface area contributed by atoms with E-state index in [-0.39, 0.29) is 12.0 Å². The summed E-state index contributed by atoms with van der Waals surface area (Å²) in [5.74, 6) is 0.504. The Hall–Kier alpha value is -0.410. The van der Waals surface area contributed by atoms with E-state index in [1.165, 1.54) is 11.4 Å². The van der Waals surface area contributed by atoms with Crippen LogP contribution < -0.4 is 0 Å². The molecule has 1 aromatic heterocycles. The molecule has 78 valence electrons. The van der Waals surface area contributed by atoms with Crippen LogP contribution in [0.2, 0.25) is 0 Å². The number of aliphatic hydroxyl groups is 1. The Labute approximate surface area is 89.0 Å². The summed E-state index contributed by atoms with van der Waals surface area (Å²) in [5.41, 5.74) is 1.14. The second-order valence-electron chi connectivity index (χ2n) is 4.52. The Kier molecular flexibility index (Phi) is 2.62. The molecule has 1 aromatic rings. The Bertz CT molecular complexity index is 309. The van der Waals surface area contributed by atoms with Crippen LogP contribution in [0.4, 0.5) is 0 Å². The first-order chi connectivity index (χ1) is 6.68. The van der Waals surface area contributed by atoms with Crippen LogP contribution in [0.5, 0.6) is 0 Å². The first-order valence-corrected chi connectivity index (χ1v) is 6.13. The zero-order chi connectivity index (χ0) is 10.2. The van der Waals surface area contributed by atoms with Gasteiger partial charge in [-0.25, -0.2) is 4.98 Å². The van der Waals surface area contributed by atoms with Gasteiger partial charge in [0.25, 0.3) is 0 Å². The Morgan fingerprint density at radius 3 is 2.64 bits per heavy atom. The Morgan fingerprint density at radius 1 is 1.57 bits per heavy atom. The quantitative estimate of drug-likeness (QED) is 0.834. The van der Waals surface area contributed by atoms with Gasteiger partial charge < -0.3 is 5.11 Å². The maximum Gasteiger partial charge on any atom is 0.0953 e. The van der Waals surface area contributed by atoms with Crippen LogP contribution in [-0.2, 0) is 5.41 Å². The van der Waals surface area contributed by atoms with Gasteiger partial charge in [0.1, 0.15) is 0 Å². The first kappa shape index (κ1) is 10.1. The van der Waals surface area contributed by atoms with Gasteiger partial charge in [0.15, 0.2) is 0 Å². The average molecular weight is 211 g/mol. The maximum atomic E-state index is 9.40. The van der Waals surface area contributed by atoms with Crippen molar-refractivity contribution in [2.75, 3.05) is 6.61 Å². The smallest absolute Gasteiger partial charge is 0.0953 e. The summed E-state index contributed by atoms with van der Waals surface area (Å²) in [6, 6.07) is 0. The summed E-state index contributed by atoms with van der Waals surface area (Å²) in [5, 5.41) is 12.7. The lowest BCUT2D eigenvalue weighted by atomic mass is 9.67. The second-order valence-corrected chi connectivity index (χ2v) is 5.41. The fourth-order valence-electron chi connectivity index (χ4n) is 1.90. The highest BCUT2D eigenvalue weighted by Crippen LogP contribution is 2.43. The number of thiazole rings is 1. The van der Waals surface area contributed by atoms with Gasteiger partial charge in [0.05, 0.1) is 17.3 Å². The van der Waals surface area contributed by atoms with Crippen LogP contribution in [0.1, 0.15) is 49.7 Å². The predicted octanol–water partition coefficient (Wildman–Crippen LogP) is 2.68. The van der Waals surface area contributed by atoms with Crippen molar-refractivity contribution in [2.45, 2.75) is 44.4 Å². The zero-order valence-electron chi connectivity index (χ0n) is 8.79. The van der Waals surface area contributed by atoms with Gasteiger partial charge in [-0.1, -0.05) is 20.3 Å². The highest BCUT2D eigenvalue weighted by molar-refractivity contribution is 7.09. The molecule has 1 aliphatic rings. The topological polar surface area (TPSA) is 33.1 Å². The van der Waals surface area contributed by atoms with Crippen LogP contribution in [0, 0.1) is 0 Å². The van der Waals surface area contributed by atoms with E-state index in [1.807, 2.05) is 0 Å². The van der Waals surface area contributed by atoms with E-state index in [2.05, 4.69) is 24.2 Å². The molecule has 1 saturated carbocycles. The van der Waals surface area contributed by atoms with Gasteiger partial charge in [-0.3, -0.25) is 0 Å². The van der Waals surface area contributed by atoms with E-state index in [4.69, 9.17) is 0 Å². The fourth-order valence-corrected chi connectivity index (χ4v) is 2.85. The molecule has 1 heterocycles. The number of rotatable bonds is 3. The van der Waals surface area contributed by atoms with Gasteiger partial charge >= 0.3 is 0 Å². The lowest BCUT2D eigenvalue weighted by Gasteiger charge is -2.38. The molecule has 14 heavy (non-hydrogen) atoms. The van der Waals surface area contributed by atoms with Crippen LogP contribution in [0.15, 0.2) is 5.38 Å². The number of aromatic nitrogens is 1. The molecule has 0 aliphatic heterocycles. The van der Waals surface area contributed by atoms with Crippen LogP contribution in [-0.4, -0.2) is 16.7 Å². The molecule has 2 rings (SSSR count). The highest BCUT2D eigenvalue weighted by Gasteiger charge is 2.40. The molecule has 0 atom stereocenters. The lowest BCUT2D eigenvalue weighted by Crippen LogP contribution is -2.38. The monoisotopic (exact) mass is 211 g/mol. The van der Waals surface area contributed by atoms with E-state index < -0.39 is 0 Å². The number of hydrogen-bond acceptors (Lipinski definition) is 3. The summed E-state index contributed by atoms with van der Waals surface area (Å²) in [7, 11) is 0. The molecule has 0 amide bonds. The van der Waals surface area contributed by atoms with Gasteiger partial charge in [-0.15, -0.1) is 11.3 Å². The van der Waals surface area contributed by atoms with E-state index in [0.29, 0.717) is 5.92 Å². The maximum absolute atomic E-state index is 9.40. The van der Waals surface area contributed by atoms with Crippen molar-refractivity contribution in [1.82, 2.24) is 4.98 Å². The van der Waals surface area contributed by atoms with Gasteiger partial charge in [-0.2, -0.15) is 0 Å². The lowest BCUT2D eigenvalue weighted by molar-refractivity contribution is 0.117. The van der Waals surface area contributed by atoms with Crippen molar-refractivity contribution < 1.29 is 5.11 Å². The summed E-state index contributed by atoms with van der Waals surface area (Å²) in [6.45, 7) is 4.58. The molecule has 0 spiro atoms. The average Bonchev–Trinajstić information content (AvgIpc) is 2.52. The molecule has 0 aromatic carbocycles.